The van der Waals surface area contributed by atoms with E-state index in [-0.39, 0.29) is 46.8 Å². The van der Waals surface area contributed by atoms with Gasteiger partial charge in [0, 0.05) is 62.4 Å². The number of imidazole rings is 1. The van der Waals surface area contributed by atoms with Gasteiger partial charge in [-0.25, -0.2) is 13.8 Å². The maximum atomic E-state index is 13.9. The number of fused-ring (bicyclic) bond motifs is 2. The second-order valence-electron chi connectivity index (χ2n) is 18.2. The van der Waals surface area contributed by atoms with Crippen LogP contribution in [0.25, 0.3) is 0 Å². The number of aromatic nitrogens is 4. The van der Waals surface area contributed by atoms with Crippen LogP contribution in [0.3, 0.4) is 0 Å². The minimum atomic E-state index is -2.55. The van der Waals surface area contributed by atoms with Crippen molar-refractivity contribution in [1.82, 2.24) is 19.3 Å². The highest BCUT2D eigenvalue weighted by atomic mass is 19.3. The van der Waals surface area contributed by atoms with Crippen LogP contribution in [0.5, 0.6) is 0 Å². The Kier molecular flexibility index (Phi) is 9.38. The Morgan fingerprint density at radius 3 is 2.25 bits per heavy atom. The zero-order chi connectivity index (χ0) is 34.6. The molecule has 2 aliphatic carbocycles. The van der Waals surface area contributed by atoms with Crippen LogP contribution in [0.2, 0.25) is 0 Å². The number of rotatable bonds is 9. The molecule has 2 aromatic rings. The summed E-state index contributed by atoms with van der Waals surface area (Å²) in [5.41, 5.74) is 2.57. The highest BCUT2D eigenvalue weighted by molar-refractivity contribution is 5.91. The van der Waals surface area contributed by atoms with Crippen molar-refractivity contribution in [2.75, 3.05) is 10.6 Å². The molecule has 1 spiro atoms. The summed E-state index contributed by atoms with van der Waals surface area (Å²) in [6.07, 6.45) is 10.8. The number of hydrogen-bond donors (Lipinski definition) is 2. The number of nitrogens with zero attached hydrogens (tertiary/aromatic N) is 4. The van der Waals surface area contributed by atoms with Crippen molar-refractivity contribution < 1.29 is 18.4 Å². The molecular formula is C38H58F2N6O2. The van der Waals surface area contributed by atoms with Crippen molar-refractivity contribution in [1.29, 1.82) is 0 Å². The van der Waals surface area contributed by atoms with Crippen LogP contribution in [0.15, 0.2) is 0 Å². The van der Waals surface area contributed by atoms with Gasteiger partial charge in [0.1, 0.15) is 5.82 Å². The van der Waals surface area contributed by atoms with Crippen LogP contribution in [-0.4, -0.2) is 37.1 Å². The fourth-order valence-electron chi connectivity index (χ4n) is 9.48. The third kappa shape index (κ3) is 7.67. The molecule has 4 heterocycles. The molecule has 1 atom stereocenters. The topological polar surface area (TPSA) is 93.8 Å². The molecule has 0 radical (unpaired) electrons. The summed E-state index contributed by atoms with van der Waals surface area (Å²) in [6.45, 7) is 16.3. The normalized spacial score (nSPS) is 22.2. The molecule has 10 heteroatoms. The van der Waals surface area contributed by atoms with Crippen molar-refractivity contribution in [2.45, 2.75) is 169 Å². The smallest absolute Gasteiger partial charge is 0.249 e. The number of carbonyl (C=O) groups excluding carboxylic acids is 2. The van der Waals surface area contributed by atoms with Gasteiger partial charge in [-0.3, -0.25) is 14.3 Å². The molecular weight excluding hydrogens is 610 g/mol. The van der Waals surface area contributed by atoms with Crippen LogP contribution < -0.4 is 10.6 Å². The van der Waals surface area contributed by atoms with E-state index < -0.39 is 5.92 Å². The standard InChI is InChI=1S/C38H58F2N6O2/c1-24(2)31-27-19-37(22-38(39,40)23-37)14-16-46(27)44-33(31)42-30(48)21-36(6,7)18-25-13-15-45-28(17-25)41-34(43-29(47)20-35(3,4)5)32(45)26-11-9-8-10-12-26/h24-26H,8-23H2,1-7H3,(H,43,47)(H,42,44,48). The second kappa shape index (κ2) is 12.8. The van der Waals surface area contributed by atoms with Crippen molar-refractivity contribution in [3.63, 3.8) is 0 Å². The van der Waals surface area contributed by atoms with Crippen molar-refractivity contribution in [3.8, 4) is 0 Å². The molecule has 0 bridgehead atoms. The van der Waals surface area contributed by atoms with Gasteiger partial charge >= 0.3 is 0 Å². The molecule has 2 aliphatic heterocycles. The zero-order valence-electron chi connectivity index (χ0n) is 30.4. The summed E-state index contributed by atoms with van der Waals surface area (Å²) >= 11 is 0. The molecule has 8 nitrogen and oxygen atoms in total. The molecule has 4 aliphatic rings. The van der Waals surface area contributed by atoms with Gasteiger partial charge in [0.25, 0.3) is 0 Å². The lowest BCUT2D eigenvalue weighted by Gasteiger charge is -2.49. The largest absolute Gasteiger partial charge is 0.330 e. The van der Waals surface area contributed by atoms with Crippen molar-refractivity contribution >= 4 is 23.5 Å². The third-order valence-electron chi connectivity index (χ3n) is 11.3. The average Bonchev–Trinajstić information content (AvgIpc) is 3.47. The molecule has 266 valence electrons. The SMILES string of the molecule is CC(C)c1c(NC(=O)CC(C)(C)CC2CCn3c(nc(NC(=O)CC(C)(C)C)c3C3CCCCC3)C2)nn2c1CC1(CC2)CC(F)(F)C1. The number of alkyl halides is 2. The minimum absolute atomic E-state index is 0.0296. The van der Waals surface area contributed by atoms with Crippen LogP contribution >= 0.6 is 0 Å². The molecule has 0 saturated heterocycles. The predicted octanol–water partition coefficient (Wildman–Crippen LogP) is 8.99. The number of aryl methyl sites for hydroxylation is 1. The summed E-state index contributed by atoms with van der Waals surface area (Å²) in [5.74, 6) is 0.804. The van der Waals surface area contributed by atoms with Crippen molar-refractivity contribution in [3.05, 3.63) is 22.8 Å². The number of amides is 2. The van der Waals surface area contributed by atoms with Gasteiger partial charge in [0.15, 0.2) is 11.6 Å². The van der Waals surface area contributed by atoms with E-state index in [1.807, 2.05) is 4.68 Å². The average molecular weight is 669 g/mol. The first-order valence-corrected chi connectivity index (χ1v) is 18.6. The Labute approximate surface area is 285 Å². The Balaban J connectivity index is 1.11. The third-order valence-corrected chi connectivity index (χ3v) is 11.3. The molecule has 48 heavy (non-hydrogen) atoms. The Bertz CT molecular complexity index is 1520. The Morgan fingerprint density at radius 1 is 0.938 bits per heavy atom. The van der Waals surface area contributed by atoms with E-state index in [1.165, 1.54) is 25.0 Å². The van der Waals surface area contributed by atoms with Crippen LogP contribution in [-0.2, 0) is 35.5 Å². The maximum absolute atomic E-state index is 13.9. The lowest BCUT2D eigenvalue weighted by Crippen LogP contribution is -2.50. The second-order valence-corrected chi connectivity index (χ2v) is 18.2. The summed E-state index contributed by atoms with van der Waals surface area (Å²) in [6, 6.07) is 0. The quantitative estimate of drug-likeness (QED) is 0.279. The van der Waals surface area contributed by atoms with Gasteiger partial charge in [0.05, 0.1) is 5.69 Å². The van der Waals surface area contributed by atoms with Crippen LogP contribution in [0.1, 0.15) is 160 Å². The van der Waals surface area contributed by atoms with E-state index in [9.17, 15) is 18.4 Å². The van der Waals surface area contributed by atoms with Crippen LogP contribution in [0, 0.1) is 22.2 Å². The van der Waals surface area contributed by atoms with Gasteiger partial charge in [-0.05, 0) is 66.6 Å². The van der Waals surface area contributed by atoms with E-state index in [4.69, 9.17) is 10.1 Å². The highest BCUT2D eigenvalue weighted by Gasteiger charge is 2.57. The number of carbonyl (C=O) groups is 2. The predicted molar refractivity (Wildman–Crippen MR) is 185 cm³/mol. The summed E-state index contributed by atoms with van der Waals surface area (Å²) in [7, 11) is 0. The zero-order valence-corrected chi connectivity index (χ0v) is 30.4. The summed E-state index contributed by atoms with van der Waals surface area (Å²) in [5, 5.41) is 11.1. The first-order chi connectivity index (χ1) is 22.4. The fraction of sp³-hybridized carbons (Fsp3) is 0.789. The van der Waals surface area contributed by atoms with Gasteiger partial charge in [-0.15, -0.1) is 0 Å². The first kappa shape index (κ1) is 35.1. The molecule has 2 N–H and O–H groups in total. The van der Waals surface area contributed by atoms with E-state index in [2.05, 4.69) is 63.7 Å². The number of nitrogens with one attached hydrogen (secondary N) is 2. The number of anilines is 2. The van der Waals surface area contributed by atoms with Crippen LogP contribution in [0.4, 0.5) is 20.4 Å². The molecule has 2 amide bonds. The number of halogens is 2. The summed E-state index contributed by atoms with van der Waals surface area (Å²) in [4.78, 5) is 31.6. The number of hydrogen-bond acceptors (Lipinski definition) is 4. The lowest BCUT2D eigenvalue weighted by molar-refractivity contribution is -0.169. The van der Waals surface area contributed by atoms with E-state index >= 15 is 0 Å². The van der Waals surface area contributed by atoms with E-state index in [0.717, 1.165) is 61.5 Å². The van der Waals surface area contributed by atoms with E-state index in [1.54, 1.807) is 0 Å². The minimum Gasteiger partial charge on any atom is -0.330 e. The monoisotopic (exact) mass is 668 g/mol. The fourth-order valence-corrected chi connectivity index (χ4v) is 9.48. The van der Waals surface area contributed by atoms with Gasteiger partial charge in [-0.2, -0.15) is 5.10 Å². The highest BCUT2D eigenvalue weighted by Crippen LogP contribution is 2.58. The maximum Gasteiger partial charge on any atom is 0.249 e. The summed E-state index contributed by atoms with van der Waals surface area (Å²) < 4.78 is 32.1. The molecule has 2 aromatic heterocycles. The van der Waals surface area contributed by atoms with E-state index in [0.29, 0.717) is 49.9 Å². The van der Waals surface area contributed by atoms with Gasteiger partial charge in [-0.1, -0.05) is 67.7 Å². The Hall–Kier alpha value is -2.78. The molecule has 2 fully saturated rings. The molecule has 2 saturated carbocycles. The van der Waals surface area contributed by atoms with Gasteiger partial charge < -0.3 is 15.2 Å². The lowest BCUT2D eigenvalue weighted by atomic mass is 9.60. The van der Waals surface area contributed by atoms with Crippen molar-refractivity contribution in [2.24, 2.45) is 22.2 Å². The van der Waals surface area contributed by atoms with Gasteiger partial charge in [0.2, 0.25) is 17.7 Å². The molecule has 1 unspecified atom stereocenters. The molecule has 0 aromatic carbocycles. The molecule has 6 rings (SSSR count). The Morgan fingerprint density at radius 2 is 1.60 bits per heavy atom. The first-order valence-electron chi connectivity index (χ1n) is 18.6.